The topological polar surface area (TPSA) is 57.4 Å². The standard InChI is InChI=1S/C68H52N4Si2/c1-4-7-23-37-73(48(6-3)24-8-5-2)65-35-21-17-31-53(65)57-39-63-55(41-67(57)73)51-29-15-19-33-59(51)71(63)61-43-62(47(45-70)38-46(61)44-69)72-60-34-20-16-30-52(60)56-42-68-58(40-64(56)72)54-32-18-22-36-66(54)74(68,49-25-11-9-12-26-49)50-27-13-10-14-28-50/h4-5,7-27,29-43,50H,6,28H2,1-3H3/b7-4-,8-5-,37-23+,48-24+. The SMILES string of the molecule is C/C=C\C=C\[Si]1(/C(=C/C=C\C)CC)c2ccccc2-c2cc3c(cc21)c1ccccc1n3-c1cc(-n2c3ccccc3c3cc4c(cc32)-c2ccccc2[Si]4(c2ccccc2)C2C=CC=CC2)c(C#N)cc1C#N. The van der Waals surface area contributed by atoms with Gasteiger partial charge in [-0.2, -0.15) is 10.5 Å². The number of nitriles is 2. The van der Waals surface area contributed by atoms with Crippen LogP contribution in [0, 0.1) is 22.7 Å². The predicted molar refractivity (Wildman–Crippen MR) is 315 cm³/mol. The first-order valence-electron chi connectivity index (χ1n) is 25.9. The highest BCUT2D eigenvalue weighted by Gasteiger charge is 2.52. The molecule has 0 spiro atoms. The quantitative estimate of drug-likeness (QED) is 0.107. The van der Waals surface area contributed by atoms with Gasteiger partial charge in [0.05, 0.1) is 44.6 Å². The van der Waals surface area contributed by atoms with Crippen molar-refractivity contribution in [3.05, 3.63) is 247 Å². The molecule has 74 heavy (non-hydrogen) atoms. The maximum atomic E-state index is 11.2. The molecule has 4 heterocycles. The van der Waals surface area contributed by atoms with Crippen molar-refractivity contribution >= 4 is 85.7 Å². The molecule has 3 unspecified atom stereocenters. The van der Waals surface area contributed by atoms with Gasteiger partial charge in [-0.15, -0.1) is 0 Å². The summed E-state index contributed by atoms with van der Waals surface area (Å²) in [6.07, 6.45) is 24.3. The van der Waals surface area contributed by atoms with Gasteiger partial charge in [0.25, 0.3) is 0 Å². The summed E-state index contributed by atoms with van der Waals surface area (Å²) in [4.78, 5) is 0. The molecule has 2 aromatic heterocycles. The summed E-state index contributed by atoms with van der Waals surface area (Å²) in [5.74, 6) is 0. The molecule has 2 aliphatic heterocycles. The maximum absolute atomic E-state index is 11.2. The summed E-state index contributed by atoms with van der Waals surface area (Å²) in [5, 5.41) is 35.5. The first-order valence-corrected chi connectivity index (χ1v) is 30.0. The normalized spacial score (nSPS) is 18.8. The van der Waals surface area contributed by atoms with Crippen LogP contribution < -0.4 is 25.9 Å². The number of rotatable bonds is 9. The molecule has 0 bridgehead atoms. The Hall–Kier alpha value is -8.79. The van der Waals surface area contributed by atoms with Crippen LogP contribution in [0.4, 0.5) is 0 Å². The smallest absolute Gasteiger partial charge is 0.169 e. The Bertz CT molecular complexity index is 4280. The van der Waals surface area contributed by atoms with Crippen molar-refractivity contribution in [2.24, 2.45) is 0 Å². The zero-order valence-electron chi connectivity index (χ0n) is 41.7. The molecule has 13 rings (SSSR count). The Morgan fingerprint density at radius 3 is 1.72 bits per heavy atom. The summed E-state index contributed by atoms with van der Waals surface area (Å²) in [7, 11) is -5.34. The Morgan fingerprint density at radius 2 is 1.11 bits per heavy atom. The van der Waals surface area contributed by atoms with E-state index in [0.717, 1.165) is 67.8 Å². The Balaban J connectivity index is 1.10. The van der Waals surface area contributed by atoms with E-state index >= 15 is 0 Å². The molecule has 0 N–H and O–H groups in total. The van der Waals surface area contributed by atoms with Crippen molar-refractivity contribution in [1.29, 1.82) is 10.5 Å². The molecule has 3 aliphatic rings. The molecule has 6 heteroatoms. The largest absolute Gasteiger partial charge is 0.308 e. The second-order valence-corrected chi connectivity index (χ2v) is 27.5. The summed E-state index contributed by atoms with van der Waals surface area (Å²) < 4.78 is 4.59. The molecule has 0 amide bonds. The van der Waals surface area contributed by atoms with Gasteiger partial charge in [-0.05, 0) is 117 Å². The Kier molecular flexibility index (Phi) is 10.8. The van der Waals surface area contributed by atoms with Crippen LogP contribution in [0.1, 0.15) is 44.7 Å². The minimum atomic E-state index is -2.67. The van der Waals surface area contributed by atoms with E-state index in [1.807, 2.05) is 6.07 Å². The van der Waals surface area contributed by atoms with E-state index in [2.05, 4.69) is 266 Å². The molecule has 352 valence electrons. The third-order valence-electron chi connectivity index (χ3n) is 16.4. The van der Waals surface area contributed by atoms with Crippen molar-refractivity contribution in [2.45, 2.75) is 39.2 Å². The van der Waals surface area contributed by atoms with Crippen molar-refractivity contribution in [1.82, 2.24) is 9.13 Å². The second kappa shape index (κ2) is 17.8. The lowest BCUT2D eigenvalue weighted by Crippen LogP contribution is -2.67. The first-order chi connectivity index (χ1) is 36.5. The van der Waals surface area contributed by atoms with E-state index < -0.39 is 16.1 Å². The molecule has 0 fully saturated rings. The van der Waals surface area contributed by atoms with Gasteiger partial charge in [0.15, 0.2) is 16.1 Å². The average Bonchev–Trinajstić information content (AvgIpc) is 4.21. The monoisotopic (exact) mass is 980 g/mol. The number of nitrogens with zero attached hydrogens (tertiary/aromatic N) is 4. The summed E-state index contributed by atoms with van der Waals surface area (Å²) >= 11 is 0. The highest BCUT2D eigenvalue weighted by molar-refractivity contribution is 7.15. The number of aromatic nitrogens is 2. The number of fused-ring (bicyclic) bond motifs is 12. The van der Waals surface area contributed by atoms with Crippen molar-refractivity contribution in [3.63, 3.8) is 0 Å². The van der Waals surface area contributed by atoms with E-state index in [0.29, 0.717) is 16.7 Å². The van der Waals surface area contributed by atoms with Crippen LogP contribution in [-0.2, 0) is 0 Å². The van der Waals surface area contributed by atoms with Crippen molar-refractivity contribution in [2.75, 3.05) is 0 Å². The minimum Gasteiger partial charge on any atom is -0.308 e. The second-order valence-electron chi connectivity index (χ2n) is 19.8. The zero-order chi connectivity index (χ0) is 50.1. The van der Waals surface area contributed by atoms with E-state index in [9.17, 15) is 10.5 Å². The molecule has 8 aromatic carbocycles. The highest BCUT2D eigenvalue weighted by Crippen LogP contribution is 2.45. The molecular formula is C68H52N4Si2. The van der Waals surface area contributed by atoms with Crippen molar-refractivity contribution < 1.29 is 0 Å². The molecule has 0 saturated carbocycles. The maximum Gasteiger partial charge on any atom is 0.169 e. The average molecular weight is 981 g/mol. The zero-order valence-corrected chi connectivity index (χ0v) is 43.7. The molecule has 0 radical (unpaired) electrons. The molecule has 4 nitrogen and oxygen atoms in total. The number of hydrogen-bond donors (Lipinski definition) is 0. The van der Waals surface area contributed by atoms with Gasteiger partial charge >= 0.3 is 0 Å². The molecule has 3 atom stereocenters. The minimum absolute atomic E-state index is 0.326. The fourth-order valence-electron chi connectivity index (χ4n) is 13.4. The number of allylic oxidation sites excluding steroid dienone is 11. The third kappa shape index (κ3) is 6.29. The lowest BCUT2D eigenvalue weighted by atomic mass is 10.0. The molecular weight excluding hydrogens is 929 g/mol. The number of benzene rings is 8. The van der Waals surface area contributed by atoms with Crippen LogP contribution in [0.5, 0.6) is 0 Å². The summed E-state index contributed by atoms with van der Waals surface area (Å²) in [5.41, 5.74) is 14.3. The van der Waals surface area contributed by atoms with Gasteiger partial charge in [-0.3, -0.25) is 0 Å². The molecule has 10 aromatic rings. The van der Waals surface area contributed by atoms with Gasteiger partial charge in [0.1, 0.15) is 12.1 Å². The van der Waals surface area contributed by atoms with E-state index in [-0.39, 0.29) is 0 Å². The van der Waals surface area contributed by atoms with Crippen LogP contribution >= 0.6 is 0 Å². The van der Waals surface area contributed by atoms with Crippen molar-refractivity contribution in [3.8, 4) is 45.8 Å². The van der Waals surface area contributed by atoms with Crippen LogP contribution in [0.2, 0.25) is 5.54 Å². The fourth-order valence-corrected chi connectivity index (χ4v) is 24.0. The van der Waals surface area contributed by atoms with Gasteiger partial charge in [0.2, 0.25) is 0 Å². The van der Waals surface area contributed by atoms with Gasteiger partial charge in [-0.1, -0.05) is 206 Å². The molecule has 1 aliphatic carbocycles. The fraction of sp³-hybridized carbons (Fsp3) is 0.0882. The van der Waals surface area contributed by atoms with Crippen LogP contribution in [0.3, 0.4) is 0 Å². The third-order valence-corrected chi connectivity index (χ3v) is 26.5. The molecule has 0 saturated heterocycles. The summed E-state index contributed by atoms with van der Waals surface area (Å²) in [6.45, 7) is 6.45. The predicted octanol–water partition coefficient (Wildman–Crippen LogP) is 13.6. The first kappa shape index (κ1) is 45.1. The number of para-hydroxylation sites is 2. The highest BCUT2D eigenvalue weighted by atomic mass is 28.3. The lowest BCUT2D eigenvalue weighted by Gasteiger charge is -2.37. The van der Waals surface area contributed by atoms with Crippen LogP contribution in [0.25, 0.3) is 77.2 Å². The summed E-state index contributed by atoms with van der Waals surface area (Å²) in [6, 6.07) is 65.5. The van der Waals surface area contributed by atoms with Gasteiger partial charge in [-0.25, -0.2) is 0 Å². The lowest BCUT2D eigenvalue weighted by molar-refractivity contribution is 0.999. The van der Waals surface area contributed by atoms with Crippen LogP contribution in [-0.4, -0.2) is 25.3 Å². The van der Waals surface area contributed by atoms with E-state index in [1.54, 1.807) is 0 Å². The van der Waals surface area contributed by atoms with E-state index in [4.69, 9.17) is 0 Å². The Morgan fingerprint density at radius 1 is 0.541 bits per heavy atom. The van der Waals surface area contributed by atoms with E-state index in [1.165, 1.54) is 53.4 Å². The van der Waals surface area contributed by atoms with Gasteiger partial charge in [0, 0.05) is 21.5 Å². The van der Waals surface area contributed by atoms with Gasteiger partial charge < -0.3 is 9.13 Å². The van der Waals surface area contributed by atoms with Crippen LogP contribution in [0.15, 0.2) is 235 Å². The number of hydrogen-bond acceptors (Lipinski definition) is 2. The Labute approximate surface area is 434 Å².